The Hall–Kier alpha value is -3.81. The zero-order chi connectivity index (χ0) is 19.3. The van der Waals surface area contributed by atoms with E-state index >= 15 is 0 Å². The molecule has 140 valence electrons. The van der Waals surface area contributed by atoms with Gasteiger partial charge in [-0.2, -0.15) is 5.10 Å². The number of likely N-dealkylation sites (N-methyl/N-ethyl adjacent to an activating group) is 1. The van der Waals surface area contributed by atoms with Crippen molar-refractivity contribution in [1.82, 2.24) is 34.9 Å². The predicted octanol–water partition coefficient (Wildman–Crippen LogP) is 2.18. The van der Waals surface area contributed by atoms with Crippen molar-refractivity contribution in [1.29, 1.82) is 0 Å². The molecule has 0 bridgehead atoms. The first-order valence-corrected chi connectivity index (χ1v) is 8.85. The highest BCUT2D eigenvalue weighted by atomic mass is 16.2. The molecular weight excluding hydrogens is 354 g/mol. The quantitative estimate of drug-likeness (QED) is 0.517. The lowest BCUT2D eigenvalue weighted by Gasteiger charge is -2.16. The Bertz CT molecular complexity index is 1040. The highest BCUT2D eigenvalue weighted by molar-refractivity contribution is 5.76. The van der Waals surface area contributed by atoms with Crippen LogP contribution in [0.25, 0.3) is 16.9 Å². The van der Waals surface area contributed by atoms with Gasteiger partial charge in [0.2, 0.25) is 5.91 Å². The van der Waals surface area contributed by atoms with Gasteiger partial charge in [0.1, 0.15) is 12.9 Å². The molecule has 0 fully saturated rings. The van der Waals surface area contributed by atoms with Crippen LogP contribution in [0.3, 0.4) is 0 Å². The SMILES string of the molecule is CN(Cc1cn(-c2ccccc2)nc1-c1ccccc1)C(=O)Cn1cnnn1. The van der Waals surface area contributed by atoms with Crippen LogP contribution in [0.5, 0.6) is 0 Å². The van der Waals surface area contributed by atoms with E-state index in [2.05, 4.69) is 15.5 Å². The third-order valence-electron chi connectivity index (χ3n) is 4.38. The predicted molar refractivity (Wildman–Crippen MR) is 103 cm³/mol. The van der Waals surface area contributed by atoms with Crippen LogP contribution in [-0.4, -0.2) is 47.8 Å². The molecule has 4 aromatic rings. The van der Waals surface area contributed by atoms with Crippen LogP contribution in [0.2, 0.25) is 0 Å². The van der Waals surface area contributed by atoms with E-state index in [4.69, 9.17) is 5.10 Å². The summed E-state index contributed by atoms with van der Waals surface area (Å²) in [5.74, 6) is -0.0845. The summed E-state index contributed by atoms with van der Waals surface area (Å²) in [5, 5.41) is 15.6. The highest BCUT2D eigenvalue weighted by Gasteiger charge is 2.17. The van der Waals surface area contributed by atoms with Crippen LogP contribution in [0.15, 0.2) is 73.2 Å². The summed E-state index contributed by atoms with van der Waals surface area (Å²) in [6.07, 6.45) is 3.40. The Morgan fingerprint density at radius 3 is 2.43 bits per heavy atom. The molecule has 0 N–H and O–H groups in total. The Balaban J connectivity index is 1.63. The van der Waals surface area contributed by atoms with Gasteiger partial charge in [0, 0.05) is 30.9 Å². The molecule has 2 heterocycles. The number of amides is 1. The first-order valence-electron chi connectivity index (χ1n) is 8.85. The number of tetrazole rings is 1. The van der Waals surface area contributed by atoms with Gasteiger partial charge in [0.25, 0.3) is 0 Å². The van der Waals surface area contributed by atoms with E-state index < -0.39 is 0 Å². The highest BCUT2D eigenvalue weighted by Crippen LogP contribution is 2.24. The second-order valence-electron chi connectivity index (χ2n) is 6.41. The van der Waals surface area contributed by atoms with Gasteiger partial charge in [-0.3, -0.25) is 4.79 Å². The summed E-state index contributed by atoms with van der Waals surface area (Å²) in [6, 6.07) is 19.9. The summed E-state index contributed by atoms with van der Waals surface area (Å²) >= 11 is 0. The van der Waals surface area contributed by atoms with Gasteiger partial charge in [0.15, 0.2) is 0 Å². The van der Waals surface area contributed by atoms with E-state index in [0.29, 0.717) is 6.54 Å². The molecule has 2 aromatic heterocycles. The van der Waals surface area contributed by atoms with Crippen molar-refractivity contribution >= 4 is 5.91 Å². The number of benzene rings is 2. The lowest BCUT2D eigenvalue weighted by atomic mass is 10.1. The molecule has 0 aliphatic rings. The number of carbonyl (C=O) groups excluding carboxylic acids is 1. The van der Waals surface area contributed by atoms with Crippen molar-refractivity contribution in [3.63, 3.8) is 0 Å². The smallest absolute Gasteiger partial charge is 0.244 e. The molecule has 0 saturated carbocycles. The molecule has 8 nitrogen and oxygen atoms in total. The van der Waals surface area contributed by atoms with Crippen LogP contribution >= 0.6 is 0 Å². The van der Waals surface area contributed by atoms with Gasteiger partial charge in [-0.1, -0.05) is 48.5 Å². The number of hydrogen-bond acceptors (Lipinski definition) is 5. The van der Waals surface area contributed by atoms with Crippen LogP contribution < -0.4 is 0 Å². The Kier molecular flexibility index (Phi) is 4.92. The lowest BCUT2D eigenvalue weighted by molar-refractivity contribution is -0.131. The Morgan fingerprint density at radius 2 is 1.75 bits per heavy atom. The molecular formula is C20H19N7O. The number of rotatable bonds is 6. The second-order valence-corrected chi connectivity index (χ2v) is 6.41. The number of hydrogen-bond donors (Lipinski definition) is 0. The summed E-state index contributed by atoms with van der Waals surface area (Å²) in [4.78, 5) is 14.2. The van der Waals surface area contributed by atoms with Crippen molar-refractivity contribution in [2.24, 2.45) is 0 Å². The third kappa shape index (κ3) is 3.80. The first-order chi connectivity index (χ1) is 13.7. The number of para-hydroxylation sites is 1. The van der Waals surface area contributed by atoms with E-state index in [0.717, 1.165) is 22.5 Å². The summed E-state index contributed by atoms with van der Waals surface area (Å²) in [5.41, 5.74) is 3.79. The summed E-state index contributed by atoms with van der Waals surface area (Å²) in [7, 11) is 1.77. The molecule has 0 aliphatic heterocycles. The maximum Gasteiger partial charge on any atom is 0.244 e. The molecule has 0 aliphatic carbocycles. The summed E-state index contributed by atoms with van der Waals surface area (Å²) < 4.78 is 3.25. The maximum absolute atomic E-state index is 12.5. The minimum Gasteiger partial charge on any atom is -0.340 e. The molecule has 0 atom stereocenters. The van der Waals surface area contributed by atoms with Crippen LogP contribution in [0.4, 0.5) is 0 Å². The van der Waals surface area contributed by atoms with E-state index in [-0.39, 0.29) is 12.5 Å². The van der Waals surface area contributed by atoms with Crippen LogP contribution in [-0.2, 0) is 17.9 Å². The van der Waals surface area contributed by atoms with Gasteiger partial charge in [0.05, 0.1) is 11.4 Å². The fraction of sp³-hybridized carbons (Fsp3) is 0.150. The van der Waals surface area contributed by atoms with Crippen LogP contribution in [0.1, 0.15) is 5.56 Å². The average Bonchev–Trinajstić information content (AvgIpc) is 3.39. The summed E-state index contributed by atoms with van der Waals surface area (Å²) in [6.45, 7) is 0.523. The second kappa shape index (κ2) is 7.83. The Morgan fingerprint density at radius 1 is 1.04 bits per heavy atom. The number of nitrogens with zero attached hydrogens (tertiary/aromatic N) is 7. The molecule has 0 spiro atoms. The largest absolute Gasteiger partial charge is 0.340 e. The molecule has 4 rings (SSSR count). The van der Waals surface area contributed by atoms with Crippen molar-refractivity contribution in [3.8, 4) is 16.9 Å². The van der Waals surface area contributed by atoms with E-state index in [1.54, 1.807) is 11.9 Å². The van der Waals surface area contributed by atoms with Crippen molar-refractivity contribution < 1.29 is 4.79 Å². The Labute approximate surface area is 162 Å². The third-order valence-corrected chi connectivity index (χ3v) is 4.38. The molecule has 0 saturated heterocycles. The molecule has 1 amide bonds. The lowest BCUT2D eigenvalue weighted by Crippen LogP contribution is -2.30. The fourth-order valence-electron chi connectivity index (χ4n) is 2.93. The van der Waals surface area contributed by atoms with Gasteiger partial charge in [-0.05, 0) is 22.6 Å². The van der Waals surface area contributed by atoms with Crippen molar-refractivity contribution in [3.05, 3.63) is 78.8 Å². The number of carbonyl (C=O) groups is 1. The zero-order valence-corrected chi connectivity index (χ0v) is 15.4. The van der Waals surface area contributed by atoms with Crippen LogP contribution in [0, 0.1) is 0 Å². The van der Waals surface area contributed by atoms with E-state index in [9.17, 15) is 4.79 Å². The van der Waals surface area contributed by atoms with Crippen molar-refractivity contribution in [2.75, 3.05) is 7.05 Å². The average molecular weight is 373 g/mol. The van der Waals surface area contributed by atoms with Gasteiger partial charge in [-0.15, -0.1) is 5.10 Å². The fourth-order valence-corrected chi connectivity index (χ4v) is 2.93. The minimum absolute atomic E-state index is 0.0845. The molecule has 0 unspecified atom stereocenters. The van der Waals surface area contributed by atoms with Gasteiger partial charge < -0.3 is 4.90 Å². The van der Waals surface area contributed by atoms with E-state index in [1.807, 2.05) is 71.5 Å². The maximum atomic E-state index is 12.5. The minimum atomic E-state index is -0.0845. The molecule has 8 heteroatoms. The van der Waals surface area contributed by atoms with Crippen molar-refractivity contribution in [2.45, 2.75) is 13.1 Å². The van der Waals surface area contributed by atoms with Gasteiger partial charge in [-0.25, -0.2) is 9.36 Å². The van der Waals surface area contributed by atoms with E-state index in [1.165, 1.54) is 11.0 Å². The van der Waals surface area contributed by atoms with Gasteiger partial charge >= 0.3 is 0 Å². The number of aromatic nitrogens is 6. The topological polar surface area (TPSA) is 81.7 Å². The monoisotopic (exact) mass is 373 g/mol. The first kappa shape index (κ1) is 17.6. The molecule has 0 radical (unpaired) electrons. The molecule has 2 aromatic carbocycles. The zero-order valence-electron chi connectivity index (χ0n) is 15.4. The molecule has 28 heavy (non-hydrogen) atoms. The standard InChI is InChI=1S/C20H19N7O/c1-25(19(28)14-26-15-21-23-24-26)12-17-13-27(18-10-6-3-7-11-18)22-20(17)16-8-4-2-5-9-16/h2-11,13,15H,12,14H2,1H3. The normalized spacial score (nSPS) is 10.8.